The van der Waals surface area contributed by atoms with E-state index in [4.69, 9.17) is 0 Å². The summed E-state index contributed by atoms with van der Waals surface area (Å²) in [6.45, 7) is 0. The van der Waals surface area contributed by atoms with Crippen LogP contribution in [0.25, 0.3) is 0 Å². The van der Waals surface area contributed by atoms with E-state index in [0.29, 0.717) is 11.3 Å². The number of methoxy groups -OCH3 is 1. The maximum absolute atomic E-state index is 12.9. The highest BCUT2D eigenvalue weighted by Gasteiger charge is 2.21. The molecule has 5 nitrogen and oxygen atoms in total. The number of benzene rings is 2. The van der Waals surface area contributed by atoms with Crippen molar-refractivity contribution in [3.63, 3.8) is 0 Å². The van der Waals surface area contributed by atoms with E-state index in [9.17, 15) is 9.59 Å². The fourth-order valence-corrected chi connectivity index (χ4v) is 2.63. The summed E-state index contributed by atoms with van der Waals surface area (Å²) in [5.41, 5.74) is 1.94. The van der Waals surface area contributed by atoms with Gasteiger partial charge in [-0.2, -0.15) is 0 Å². The minimum atomic E-state index is -0.475. The number of esters is 1. The van der Waals surface area contributed by atoms with Crippen LogP contribution in [0.3, 0.4) is 0 Å². The van der Waals surface area contributed by atoms with Gasteiger partial charge in [0.25, 0.3) is 5.91 Å². The molecule has 3 rings (SSSR count). The van der Waals surface area contributed by atoms with Crippen molar-refractivity contribution in [2.75, 3.05) is 12.4 Å². The first-order valence-electron chi connectivity index (χ1n) is 7.85. The summed E-state index contributed by atoms with van der Waals surface area (Å²) in [5, 5.41) is 2.90. The number of carbonyl (C=O) groups is 2. The molecule has 126 valence electrons. The Kier molecular flexibility index (Phi) is 4.95. The van der Waals surface area contributed by atoms with Gasteiger partial charge in [0.05, 0.1) is 12.7 Å². The number of rotatable bonds is 5. The zero-order valence-corrected chi connectivity index (χ0v) is 13.8. The third-order valence-corrected chi connectivity index (χ3v) is 3.86. The topological polar surface area (TPSA) is 60.3 Å². The van der Waals surface area contributed by atoms with Gasteiger partial charge in [0.15, 0.2) is 0 Å². The van der Waals surface area contributed by atoms with Crippen molar-refractivity contribution in [3.8, 4) is 0 Å². The van der Waals surface area contributed by atoms with Gasteiger partial charge in [-0.05, 0) is 42.0 Å². The van der Waals surface area contributed by atoms with Crippen molar-refractivity contribution in [1.82, 2.24) is 4.57 Å². The van der Waals surface area contributed by atoms with Crippen LogP contribution >= 0.6 is 0 Å². The Hall–Kier alpha value is -3.34. The van der Waals surface area contributed by atoms with E-state index < -0.39 is 12.0 Å². The standard InChI is InChI=1S/C20H18N2O3/c1-25-20(24)16-9-11-17(12-10-16)21-19(23)18(22-13-5-6-14-22)15-7-3-2-4-8-15/h2-14,18H,1H3,(H,21,23)/t18-/m0/s1. The lowest BCUT2D eigenvalue weighted by Crippen LogP contribution is -2.26. The first-order valence-corrected chi connectivity index (χ1v) is 7.85. The first-order chi connectivity index (χ1) is 12.2. The minimum Gasteiger partial charge on any atom is -0.465 e. The van der Waals surface area contributed by atoms with Crippen LogP contribution in [0, 0.1) is 0 Å². The maximum atomic E-state index is 12.9. The number of hydrogen-bond donors (Lipinski definition) is 1. The van der Waals surface area contributed by atoms with Crippen molar-refractivity contribution >= 4 is 17.6 Å². The summed E-state index contributed by atoms with van der Waals surface area (Å²) < 4.78 is 6.53. The Morgan fingerprint density at radius 1 is 0.920 bits per heavy atom. The predicted molar refractivity (Wildman–Crippen MR) is 95.4 cm³/mol. The third-order valence-electron chi connectivity index (χ3n) is 3.86. The van der Waals surface area contributed by atoms with Gasteiger partial charge in [-0.3, -0.25) is 4.79 Å². The number of anilines is 1. The number of carbonyl (C=O) groups excluding carboxylic acids is 2. The molecule has 0 saturated carbocycles. The Bertz CT molecular complexity index is 840. The lowest BCUT2D eigenvalue weighted by molar-refractivity contribution is -0.118. The van der Waals surface area contributed by atoms with Gasteiger partial charge in [0, 0.05) is 18.1 Å². The Balaban J connectivity index is 1.83. The van der Waals surface area contributed by atoms with Crippen LogP contribution in [0.2, 0.25) is 0 Å². The van der Waals surface area contributed by atoms with Crippen molar-refractivity contribution in [2.45, 2.75) is 6.04 Å². The van der Waals surface area contributed by atoms with Gasteiger partial charge in [-0.15, -0.1) is 0 Å². The van der Waals surface area contributed by atoms with Crippen LogP contribution in [0.15, 0.2) is 79.1 Å². The molecule has 2 aromatic carbocycles. The molecule has 0 bridgehead atoms. The molecule has 3 aromatic rings. The molecular weight excluding hydrogens is 316 g/mol. The average Bonchev–Trinajstić information content (AvgIpc) is 3.17. The van der Waals surface area contributed by atoms with Crippen LogP contribution in [0.5, 0.6) is 0 Å². The normalized spacial score (nSPS) is 11.6. The van der Waals surface area contributed by atoms with Gasteiger partial charge >= 0.3 is 5.97 Å². The molecule has 0 fully saturated rings. The first kappa shape index (κ1) is 16.5. The van der Waals surface area contributed by atoms with Gasteiger partial charge in [0.2, 0.25) is 0 Å². The van der Waals surface area contributed by atoms with E-state index in [1.54, 1.807) is 24.3 Å². The van der Waals surface area contributed by atoms with E-state index in [0.717, 1.165) is 5.56 Å². The Morgan fingerprint density at radius 3 is 2.16 bits per heavy atom. The van der Waals surface area contributed by atoms with Crippen LogP contribution < -0.4 is 5.32 Å². The second kappa shape index (κ2) is 7.49. The highest BCUT2D eigenvalue weighted by Crippen LogP contribution is 2.21. The lowest BCUT2D eigenvalue weighted by atomic mass is 10.1. The van der Waals surface area contributed by atoms with E-state index in [2.05, 4.69) is 10.1 Å². The number of ether oxygens (including phenoxy) is 1. The van der Waals surface area contributed by atoms with E-state index >= 15 is 0 Å². The lowest BCUT2D eigenvalue weighted by Gasteiger charge is -2.19. The monoisotopic (exact) mass is 334 g/mol. The smallest absolute Gasteiger partial charge is 0.337 e. The van der Waals surface area contributed by atoms with Gasteiger partial charge in [0.1, 0.15) is 6.04 Å². The summed E-state index contributed by atoms with van der Waals surface area (Å²) in [6, 6.07) is 19.5. The van der Waals surface area contributed by atoms with E-state index in [1.807, 2.05) is 59.4 Å². The fourth-order valence-electron chi connectivity index (χ4n) is 2.63. The number of amides is 1. The van der Waals surface area contributed by atoms with Gasteiger partial charge in [-0.25, -0.2) is 4.79 Å². The molecule has 1 amide bonds. The van der Waals surface area contributed by atoms with Crippen LogP contribution in [-0.4, -0.2) is 23.6 Å². The van der Waals surface area contributed by atoms with Gasteiger partial charge in [-0.1, -0.05) is 30.3 Å². The number of hydrogen-bond acceptors (Lipinski definition) is 3. The van der Waals surface area contributed by atoms with Crippen molar-refractivity contribution in [2.24, 2.45) is 0 Å². The molecule has 0 radical (unpaired) electrons. The second-order valence-corrected chi connectivity index (χ2v) is 5.50. The zero-order chi connectivity index (χ0) is 17.6. The molecule has 0 aliphatic rings. The van der Waals surface area contributed by atoms with E-state index in [1.165, 1.54) is 7.11 Å². The second-order valence-electron chi connectivity index (χ2n) is 5.50. The average molecular weight is 334 g/mol. The van der Waals surface area contributed by atoms with Crippen LogP contribution in [-0.2, 0) is 9.53 Å². The molecule has 5 heteroatoms. The van der Waals surface area contributed by atoms with E-state index in [-0.39, 0.29) is 5.91 Å². The van der Waals surface area contributed by atoms with Crippen molar-refractivity contribution < 1.29 is 14.3 Å². The quantitative estimate of drug-likeness (QED) is 0.727. The maximum Gasteiger partial charge on any atom is 0.337 e. The number of nitrogens with zero attached hydrogens (tertiary/aromatic N) is 1. The summed E-state index contributed by atoms with van der Waals surface area (Å²) in [4.78, 5) is 24.3. The summed E-state index contributed by atoms with van der Waals surface area (Å²) in [6.07, 6.45) is 3.72. The van der Waals surface area contributed by atoms with Gasteiger partial charge < -0.3 is 14.6 Å². The molecule has 0 spiro atoms. The van der Waals surface area contributed by atoms with Crippen molar-refractivity contribution in [1.29, 1.82) is 0 Å². The number of nitrogens with one attached hydrogen (secondary N) is 1. The SMILES string of the molecule is COC(=O)c1ccc(NC(=O)[C@H](c2ccccc2)n2cccc2)cc1. The molecule has 25 heavy (non-hydrogen) atoms. The predicted octanol–water partition coefficient (Wildman–Crippen LogP) is 3.50. The summed E-state index contributed by atoms with van der Waals surface area (Å²) in [5.74, 6) is -0.569. The largest absolute Gasteiger partial charge is 0.465 e. The molecule has 1 heterocycles. The molecule has 1 aromatic heterocycles. The molecule has 1 atom stereocenters. The minimum absolute atomic E-state index is 0.159. The zero-order valence-electron chi connectivity index (χ0n) is 13.8. The molecular formula is C20H18N2O3. The molecule has 0 unspecified atom stereocenters. The third kappa shape index (κ3) is 3.77. The molecule has 0 aliphatic heterocycles. The van der Waals surface area contributed by atoms with Crippen LogP contribution in [0.1, 0.15) is 22.0 Å². The molecule has 0 saturated heterocycles. The summed E-state index contributed by atoms with van der Waals surface area (Å²) in [7, 11) is 1.33. The Labute approximate surface area is 145 Å². The molecule has 0 aliphatic carbocycles. The molecule has 1 N–H and O–H groups in total. The highest BCUT2D eigenvalue weighted by molar-refractivity contribution is 5.96. The Morgan fingerprint density at radius 2 is 1.56 bits per heavy atom. The fraction of sp³-hybridized carbons (Fsp3) is 0.100. The van der Waals surface area contributed by atoms with Crippen LogP contribution in [0.4, 0.5) is 5.69 Å². The number of aromatic nitrogens is 1. The van der Waals surface area contributed by atoms with Crippen molar-refractivity contribution in [3.05, 3.63) is 90.3 Å². The summed E-state index contributed by atoms with van der Waals surface area (Å²) >= 11 is 0. The highest BCUT2D eigenvalue weighted by atomic mass is 16.5.